The van der Waals surface area contributed by atoms with Gasteiger partial charge in [-0.3, -0.25) is 4.99 Å². The van der Waals surface area contributed by atoms with E-state index in [1.54, 1.807) is 48.7 Å². The zero-order valence-electron chi connectivity index (χ0n) is 12.7. The van der Waals surface area contributed by atoms with Crippen molar-refractivity contribution in [3.8, 4) is 5.75 Å². The molecule has 0 fully saturated rings. The largest absolute Gasteiger partial charge is 0.379 e. The molecule has 5 heteroatoms. The Labute approximate surface area is 141 Å². The van der Waals surface area contributed by atoms with Gasteiger partial charge in [0.25, 0.3) is 0 Å². The SMILES string of the molecule is O=S(=O)(Oc1ccc(C=Nc2ccccc2)cc1)c1ccccc1. The van der Waals surface area contributed by atoms with E-state index in [2.05, 4.69) is 4.99 Å². The zero-order chi connectivity index (χ0) is 16.8. The van der Waals surface area contributed by atoms with Crippen LogP contribution in [0.5, 0.6) is 5.75 Å². The van der Waals surface area contributed by atoms with Gasteiger partial charge in [0.15, 0.2) is 0 Å². The average Bonchev–Trinajstić information content (AvgIpc) is 2.62. The quantitative estimate of drug-likeness (QED) is 0.518. The van der Waals surface area contributed by atoms with Gasteiger partial charge in [0.1, 0.15) is 10.6 Å². The van der Waals surface area contributed by atoms with Crippen LogP contribution < -0.4 is 4.18 Å². The van der Waals surface area contributed by atoms with Crippen molar-refractivity contribution in [2.45, 2.75) is 4.90 Å². The van der Waals surface area contributed by atoms with Crippen LogP contribution in [0.3, 0.4) is 0 Å². The van der Waals surface area contributed by atoms with E-state index in [1.165, 1.54) is 12.1 Å². The van der Waals surface area contributed by atoms with E-state index in [1.807, 2.05) is 30.3 Å². The summed E-state index contributed by atoms with van der Waals surface area (Å²) in [6.07, 6.45) is 1.71. The van der Waals surface area contributed by atoms with Crippen LogP contribution in [0.25, 0.3) is 0 Å². The van der Waals surface area contributed by atoms with E-state index in [0.29, 0.717) is 0 Å². The van der Waals surface area contributed by atoms with E-state index in [-0.39, 0.29) is 10.6 Å². The van der Waals surface area contributed by atoms with Gasteiger partial charge in [0, 0.05) is 6.21 Å². The first-order chi connectivity index (χ1) is 11.6. The van der Waals surface area contributed by atoms with Crippen LogP contribution in [-0.2, 0) is 10.1 Å². The predicted molar refractivity (Wildman–Crippen MR) is 94.4 cm³/mol. The fraction of sp³-hybridized carbons (Fsp3) is 0. The van der Waals surface area contributed by atoms with Crippen molar-refractivity contribution in [2.75, 3.05) is 0 Å². The van der Waals surface area contributed by atoms with Crippen molar-refractivity contribution in [1.82, 2.24) is 0 Å². The molecule has 3 rings (SSSR count). The second-order valence-corrected chi connectivity index (χ2v) is 6.56. The zero-order valence-corrected chi connectivity index (χ0v) is 13.6. The number of aliphatic imine (C=N–C) groups is 1. The van der Waals surface area contributed by atoms with Gasteiger partial charge in [-0.25, -0.2) is 0 Å². The molecular formula is C19H15NO3S. The van der Waals surface area contributed by atoms with Crippen LogP contribution in [0.2, 0.25) is 0 Å². The first-order valence-corrected chi connectivity index (χ1v) is 8.73. The van der Waals surface area contributed by atoms with Crippen LogP contribution in [0.4, 0.5) is 5.69 Å². The summed E-state index contributed by atoms with van der Waals surface area (Å²) in [7, 11) is -3.82. The second kappa shape index (κ2) is 7.10. The third kappa shape index (κ3) is 4.08. The molecule has 0 unspecified atom stereocenters. The fourth-order valence-electron chi connectivity index (χ4n) is 2.03. The Morgan fingerprint density at radius 2 is 1.33 bits per heavy atom. The lowest BCUT2D eigenvalue weighted by atomic mass is 10.2. The van der Waals surface area contributed by atoms with E-state index in [9.17, 15) is 8.42 Å². The van der Waals surface area contributed by atoms with Crippen LogP contribution in [-0.4, -0.2) is 14.6 Å². The molecule has 120 valence electrons. The summed E-state index contributed by atoms with van der Waals surface area (Å²) >= 11 is 0. The number of hydrogen-bond acceptors (Lipinski definition) is 4. The molecule has 0 aliphatic carbocycles. The second-order valence-electron chi connectivity index (χ2n) is 5.01. The number of benzene rings is 3. The van der Waals surface area contributed by atoms with Crippen molar-refractivity contribution >= 4 is 22.0 Å². The highest BCUT2D eigenvalue weighted by atomic mass is 32.2. The normalized spacial score (nSPS) is 11.5. The summed E-state index contributed by atoms with van der Waals surface area (Å²) in [5.41, 5.74) is 1.70. The Hall–Kier alpha value is -2.92. The van der Waals surface area contributed by atoms with Crippen LogP contribution >= 0.6 is 0 Å². The third-order valence-electron chi connectivity index (χ3n) is 3.24. The number of rotatable bonds is 5. The molecule has 3 aromatic carbocycles. The van der Waals surface area contributed by atoms with E-state index < -0.39 is 10.1 Å². The molecule has 0 N–H and O–H groups in total. The maximum absolute atomic E-state index is 12.1. The van der Waals surface area contributed by atoms with Crippen molar-refractivity contribution < 1.29 is 12.6 Å². The minimum Gasteiger partial charge on any atom is -0.379 e. The van der Waals surface area contributed by atoms with Crippen molar-refractivity contribution in [3.05, 3.63) is 90.5 Å². The Kier molecular flexibility index (Phi) is 4.72. The molecule has 0 bridgehead atoms. The molecule has 0 saturated heterocycles. The highest BCUT2D eigenvalue weighted by Crippen LogP contribution is 2.19. The lowest BCUT2D eigenvalue weighted by molar-refractivity contribution is 0.486. The molecular weight excluding hydrogens is 322 g/mol. The summed E-state index contributed by atoms with van der Waals surface area (Å²) in [5.74, 6) is 0.260. The van der Waals surface area contributed by atoms with Gasteiger partial charge >= 0.3 is 10.1 Å². The van der Waals surface area contributed by atoms with Gasteiger partial charge < -0.3 is 4.18 Å². The first-order valence-electron chi connectivity index (χ1n) is 7.32. The number of hydrogen-bond donors (Lipinski definition) is 0. The van der Waals surface area contributed by atoms with E-state index in [4.69, 9.17) is 4.18 Å². The maximum atomic E-state index is 12.1. The highest BCUT2D eigenvalue weighted by Gasteiger charge is 2.15. The van der Waals surface area contributed by atoms with Gasteiger partial charge in [-0.1, -0.05) is 36.4 Å². The maximum Gasteiger partial charge on any atom is 0.339 e. The lowest BCUT2D eigenvalue weighted by Crippen LogP contribution is -2.09. The molecule has 3 aromatic rings. The Morgan fingerprint density at radius 1 is 0.750 bits per heavy atom. The minimum atomic E-state index is -3.82. The number of nitrogens with zero attached hydrogens (tertiary/aromatic N) is 1. The third-order valence-corrected chi connectivity index (χ3v) is 4.50. The molecule has 0 aliphatic heterocycles. The van der Waals surface area contributed by atoms with E-state index in [0.717, 1.165) is 11.3 Å². The summed E-state index contributed by atoms with van der Waals surface area (Å²) < 4.78 is 29.4. The highest BCUT2D eigenvalue weighted by molar-refractivity contribution is 7.87. The summed E-state index contributed by atoms with van der Waals surface area (Å²) in [6, 6.07) is 24.3. The molecule has 0 atom stereocenters. The molecule has 0 saturated carbocycles. The van der Waals surface area contributed by atoms with E-state index >= 15 is 0 Å². The minimum absolute atomic E-state index is 0.125. The van der Waals surface area contributed by atoms with Gasteiger partial charge in [-0.05, 0) is 54.1 Å². The van der Waals surface area contributed by atoms with Crippen LogP contribution in [0, 0.1) is 0 Å². The molecule has 0 aliphatic rings. The van der Waals surface area contributed by atoms with Crippen LogP contribution in [0.15, 0.2) is 94.8 Å². The topological polar surface area (TPSA) is 55.7 Å². The molecule has 0 heterocycles. The van der Waals surface area contributed by atoms with Gasteiger partial charge in [-0.15, -0.1) is 0 Å². The molecule has 0 spiro atoms. The lowest BCUT2D eigenvalue weighted by Gasteiger charge is -2.06. The Morgan fingerprint density at radius 3 is 1.96 bits per heavy atom. The predicted octanol–water partition coefficient (Wildman–Crippen LogP) is 4.20. The van der Waals surface area contributed by atoms with Crippen LogP contribution in [0.1, 0.15) is 5.56 Å². The molecule has 0 radical (unpaired) electrons. The summed E-state index contributed by atoms with van der Waals surface area (Å²) in [5, 5.41) is 0. The van der Waals surface area contributed by atoms with Crippen molar-refractivity contribution in [3.63, 3.8) is 0 Å². The summed E-state index contributed by atoms with van der Waals surface area (Å²) in [6.45, 7) is 0. The fourth-order valence-corrected chi connectivity index (χ4v) is 2.99. The first kappa shape index (κ1) is 16.0. The Balaban J connectivity index is 1.72. The van der Waals surface area contributed by atoms with Crippen molar-refractivity contribution in [2.24, 2.45) is 4.99 Å². The Bertz CT molecular complexity index is 919. The molecule has 0 amide bonds. The van der Waals surface area contributed by atoms with Gasteiger partial charge in [-0.2, -0.15) is 8.42 Å². The number of para-hydroxylation sites is 1. The monoisotopic (exact) mass is 337 g/mol. The van der Waals surface area contributed by atoms with Crippen molar-refractivity contribution in [1.29, 1.82) is 0 Å². The van der Waals surface area contributed by atoms with Gasteiger partial charge in [0.05, 0.1) is 5.69 Å². The average molecular weight is 337 g/mol. The standard InChI is InChI=1S/C19H15NO3S/c21-24(22,19-9-5-2-6-10-19)23-18-13-11-16(12-14-18)15-20-17-7-3-1-4-8-17/h1-15H. The smallest absolute Gasteiger partial charge is 0.339 e. The molecule has 0 aromatic heterocycles. The molecule has 24 heavy (non-hydrogen) atoms. The van der Waals surface area contributed by atoms with Gasteiger partial charge in [0.2, 0.25) is 0 Å². The summed E-state index contributed by atoms with van der Waals surface area (Å²) in [4.78, 5) is 4.47. The molecule has 4 nitrogen and oxygen atoms in total.